The van der Waals surface area contributed by atoms with Gasteiger partial charge in [-0.3, -0.25) is 0 Å². The summed E-state index contributed by atoms with van der Waals surface area (Å²) in [6, 6.07) is 6.33. The Morgan fingerprint density at radius 2 is 2.29 bits per heavy atom. The molecule has 0 fully saturated rings. The highest BCUT2D eigenvalue weighted by molar-refractivity contribution is 5.90. The van der Waals surface area contributed by atoms with E-state index in [1.165, 1.54) is 11.1 Å². The lowest BCUT2D eigenvalue weighted by Gasteiger charge is -2.34. The van der Waals surface area contributed by atoms with E-state index in [1.54, 1.807) is 0 Å². The number of hydrazine groups is 1. The van der Waals surface area contributed by atoms with Crippen LogP contribution in [-0.2, 0) is 0 Å². The lowest BCUT2D eigenvalue weighted by atomic mass is 9.98. The Kier molecular flexibility index (Phi) is 3.40. The number of hydrogen-bond acceptors (Lipinski definition) is 4. The minimum absolute atomic E-state index is 0.0816. The standard InChI is InChI=1S/C16H19N5/c1-16(2,6-3-7-17)21-11-12(10-20-21)13-4-8-18-15-14(13)5-9-19-15/h4-5,8-9,11,20H,3,6,10H2,1-2H3,(H,18,19). The van der Waals surface area contributed by atoms with Gasteiger partial charge in [-0.05, 0) is 43.5 Å². The lowest BCUT2D eigenvalue weighted by Crippen LogP contribution is -2.46. The molecule has 0 bridgehead atoms. The molecule has 0 saturated heterocycles. The number of H-pyrrole nitrogens is 1. The van der Waals surface area contributed by atoms with Crippen molar-refractivity contribution >= 4 is 16.6 Å². The highest BCUT2D eigenvalue weighted by Gasteiger charge is 2.28. The van der Waals surface area contributed by atoms with Crippen molar-refractivity contribution in [3.05, 3.63) is 36.3 Å². The fourth-order valence-electron chi connectivity index (χ4n) is 2.69. The van der Waals surface area contributed by atoms with E-state index in [-0.39, 0.29) is 5.54 Å². The van der Waals surface area contributed by atoms with E-state index in [1.807, 2.05) is 12.4 Å². The molecule has 0 atom stereocenters. The van der Waals surface area contributed by atoms with Crippen LogP contribution in [0.3, 0.4) is 0 Å². The van der Waals surface area contributed by atoms with E-state index < -0.39 is 0 Å². The molecule has 0 aliphatic carbocycles. The molecule has 0 amide bonds. The molecule has 3 rings (SSSR count). The molecular formula is C16H19N5. The molecule has 0 aromatic carbocycles. The molecule has 21 heavy (non-hydrogen) atoms. The second-order valence-electron chi connectivity index (χ2n) is 5.93. The summed E-state index contributed by atoms with van der Waals surface area (Å²) in [4.78, 5) is 7.47. The Hall–Kier alpha value is -2.32. The van der Waals surface area contributed by atoms with Gasteiger partial charge >= 0.3 is 0 Å². The molecule has 0 saturated carbocycles. The molecule has 5 nitrogen and oxygen atoms in total. The number of pyridine rings is 1. The van der Waals surface area contributed by atoms with E-state index in [0.717, 1.165) is 24.0 Å². The van der Waals surface area contributed by atoms with Crippen LogP contribution in [-0.4, -0.2) is 27.1 Å². The van der Waals surface area contributed by atoms with E-state index in [9.17, 15) is 0 Å². The van der Waals surface area contributed by atoms with Gasteiger partial charge in [0.05, 0.1) is 11.6 Å². The fraction of sp³-hybridized carbons (Fsp3) is 0.375. The molecule has 108 valence electrons. The summed E-state index contributed by atoms with van der Waals surface area (Å²) in [5.74, 6) is 0. The van der Waals surface area contributed by atoms with Crippen molar-refractivity contribution in [2.45, 2.75) is 32.2 Å². The molecule has 1 aliphatic rings. The maximum absolute atomic E-state index is 8.78. The van der Waals surface area contributed by atoms with Crippen LogP contribution >= 0.6 is 0 Å². The second kappa shape index (κ2) is 5.23. The Morgan fingerprint density at radius 1 is 1.43 bits per heavy atom. The highest BCUT2D eigenvalue weighted by atomic mass is 15.5. The number of rotatable bonds is 4. The number of aromatic nitrogens is 2. The smallest absolute Gasteiger partial charge is 0.137 e. The van der Waals surface area contributed by atoms with Gasteiger partial charge < -0.3 is 9.99 Å². The second-order valence-corrected chi connectivity index (χ2v) is 5.93. The maximum Gasteiger partial charge on any atom is 0.137 e. The van der Waals surface area contributed by atoms with Crippen molar-refractivity contribution in [2.24, 2.45) is 0 Å². The van der Waals surface area contributed by atoms with Crippen LogP contribution in [0.5, 0.6) is 0 Å². The molecule has 2 N–H and O–H groups in total. The molecule has 0 radical (unpaired) electrons. The molecule has 0 spiro atoms. The number of aromatic amines is 1. The van der Waals surface area contributed by atoms with E-state index >= 15 is 0 Å². The van der Waals surface area contributed by atoms with Gasteiger partial charge in [0.1, 0.15) is 5.65 Å². The van der Waals surface area contributed by atoms with Gasteiger partial charge in [0, 0.05) is 36.9 Å². The topological polar surface area (TPSA) is 67.7 Å². The van der Waals surface area contributed by atoms with E-state index in [4.69, 9.17) is 5.26 Å². The summed E-state index contributed by atoms with van der Waals surface area (Å²) in [5, 5.41) is 12.0. The monoisotopic (exact) mass is 281 g/mol. The first kappa shape index (κ1) is 13.7. The normalized spacial score (nSPS) is 15.3. The number of fused-ring (bicyclic) bond motifs is 1. The molecule has 0 unspecified atom stereocenters. The predicted molar refractivity (Wildman–Crippen MR) is 82.8 cm³/mol. The van der Waals surface area contributed by atoms with Crippen LogP contribution in [0.15, 0.2) is 30.7 Å². The van der Waals surface area contributed by atoms with E-state index in [0.29, 0.717) is 6.42 Å². The summed E-state index contributed by atoms with van der Waals surface area (Å²) in [6.07, 6.45) is 7.29. The van der Waals surface area contributed by atoms with Gasteiger partial charge in [-0.15, -0.1) is 0 Å². The first-order chi connectivity index (χ1) is 10.1. The first-order valence-electron chi connectivity index (χ1n) is 7.15. The maximum atomic E-state index is 8.78. The summed E-state index contributed by atoms with van der Waals surface area (Å²) < 4.78 is 0. The van der Waals surface area contributed by atoms with Gasteiger partial charge in [-0.25, -0.2) is 10.4 Å². The molecule has 1 aliphatic heterocycles. The SMILES string of the molecule is CC(C)(CCC#N)N1C=C(c2ccnc3[nH]ccc23)CN1. The number of nitrogens with one attached hydrogen (secondary N) is 2. The lowest BCUT2D eigenvalue weighted by molar-refractivity contribution is 0.131. The molecule has 2 aromatic rings. The van der Waals surface area contributed by atoms with Gasteiger partial charge in [0.2, 0.25) is 0 Å². The van der Waals surface area contributed by atoms with Crippen LogP contribution in [0.2, 0.25) is 0 Å². The van der Waals surface area contributed by atoms with Crippen LogP contribution in [0.4, 0.5) is 0 Å². The van der Waals surface area contributed by atoms with Crippen molar-refractivity contribution in [3.8, 4) is 6.07 Å². The zero-order valence-corrected chi connectivity index (χ0v) is 12.3. The van der Waals surface area contributed by atoms with Crippen LogP contribution in [0, 0.1) is 11.3 Å². The third kappa shape index (κ3) is 2.50. The van der Waals surface area contributed by atoms with Crippen LogP contribution < -0.4 is 5.43 Å². The fourth-order valence-corrected chi connectivity index (χ4v) is 2.69. The minimum Gasteiger partial charge on any atom is -0.346 e. The molecule has 2 aromatic heterocycles. The Labute approximate surface area is 124 Å². The van der Waals surface area contributed by atoms with E-state index in [2.05, 4.69) is 58.7 Å². The summed E-state index contributed by atoms with van der Waals surface area (Å²) in [5.41, 5.74) is 6.69. The zero-order valence-electron chi connectivity index (χ0n) is 12.3. The largest absolute Gasteiger partial charge is 0.346 e. The number of nitriles is 1. The van der Waals surface area contributed by atoms with Gasteiger partial charge in [-0.1, -0.05) is 0 Å². The average Bonchev–Trinajstić information content (AvgIpc) is 3.13. The Morgan fingerprint density at radius 3 is 3.10 bits per heavy atom. The Balaban J connectivity index is 1.90. The zero-order chi connectivity index (χ0) is 14.9. The number of nitrogens with zero attached hydrogens (tertiary/aromatic N) is 3. The molecule has 3 heterocycles. The van der Waals surface area contributed by atoms with Crippen molar-refractivity contribution in [1.82, 2.24) is 20.4 Å². The highest BCUT2D eigenvalue weighted by Crippen LogP contribution is 2.29. The van der Waals surface area contributed by atoms with Crippen molar-refractivity contribution in [1.29, 1.82) is 5.26 Å². The summed E-state index contributed by atoms with van der Waals surface area (Å²) in [6.45, 7) is 5.09. The quantitative estimate of drug-likeness (QED) is 0.904. The minimum atomic E-state index is -0.0816. The van der Waals surface area contributed by atoms with Gasteiger partial charge in [0.15, 0.2) is 0 Å². The van der Waals surface area contributed by atoms with Crippen molar-refractivity contribution < 1.29 is 0 Å². The summed E-state index contributed by atoms with van der Waals surface area (Å²) in [7, 11) is 0. The van der Waals surface area contributed by atoms with Gasteiger partial charge in [-0.2, -0.15) is 5.26 Å². The first-order valence-corrected chi connectivity index (χ1v) is 7.15. The third-order valence-electron chi connectivity index (χ3n) is 4.03. The number of hydrogen-bond donors (Lipinski definition) is 2. The average molecular weight is 281 g/mol. The predicted octanol–water partition coefficient (Wildman–Crippen LogP) is 2.81. The van der Waals surface area contributed by atoms with Gasteiger partial charge in [0.25, 0.3) is 0 Å². The van der Waals surface area contributed by atoms with Crippen LogP contribution in [0.25, 0.3) is 16.6 Å². The third-order valence-corrected chi connectivity index (χ3v) is 4.03. The molecular weight excluding hydrogens is 262 g/mol. The van der Waals surface area contributed by atoms with Crippen LogP contribution in [0.1, 0.15) is 32.3 Å². The van der Waals surface area contributed by atoms with Crippen molar-refractivity contribution in [3.63, 3.8) is 0 Å². The molecule has 5 heteroatoms. The van der Waals surface area contributed by atoms with Crippen molar-refractivity contribution in [2.75, 3.05) is 6.54 Å². The Bertz CT molecular complexity index is 720. The summed E-state index contributed by atoms with van der Waals surface area (Å²) >= 11 is 0.